The average molecular weight is 361 g/mol. The Morgan fingerprint density at radius 3 is 2.32 bits per heavy atom. The Balaban J connectivity index is 2.27. The van der Waals surface area contributed by atoms with E-state index in [1.807, 2.05) is 13.8 Å². The fourth-order valence-electron chi connectivity index (χ4n) is 3.52. The maximum atomic E-state index is 13.2. The van der Waals surface area contributed by atoms with Crippen LogP contribution < -0.4 is 5.56 Å². The largest absolute Gasteiger partial charge is 0.297 e. The number of aromatic nitrogens is 2. The van der Waals surface area contributed by atoms with Crippen molar-refractivity contribution >= 4 is 33.1 Å². The van der Waals surface area contributed by atoms with Gasteiger partial charge in [-0.05, 0) is 59.2 Å². The molecule has 0 amide bonds. The molecule has 1 saturated heterocycles. The van der Waals surface area contributed by atoms with Crippen molar-refractivity contribution in [3.05, 3.63) is 26.6 Å². The molecule has 0 bridgehead atoms. The third kappa shape index (κ3) is 3.18. The molecule has 25 heavy (non-hydrogen) atoms. The number of fused-ring (bicyclic) bond motifs is 1. The van der Waals surface area contributed by atoms with Crippen molar-refractivity contribution in [1.82, 2.24) is 14.5 Å². The lowest BCUT2D eigenvalue weighted by molar-refractivity contribution is -0.129. The Labute approximate surface area is 150 Å². The minimum atomic E-state index is -1.10. The number of Topliss-reactive ketones (excluding diaryl/α,β-unsaturated/α-hetero) is 2. The number of nitrogens with zero attached hydrogens (tertiary/aromatic N) is 3. The summed E-state index contributed by atoms with van der Waals surface area (Å²) in [5, 5.41) is 0.528. The van der Waals surface area contributed by atoms with E-state index in [0.29, 0.717) is 22.6 Å². The monoisotopic (exact) mass is 361 g/mol. The van der Waals surface area contributed by atoms with Crippen molar-refractivity contribution in [2.45, 2.75) is 53.1 Å². The van der Waals surface area contributed by atoms with E-state index in [-0.39, 0.29) is 17.1 Å². The molecule has 0 radical (unpaired) electrons. The van der Waals surface area contributed by atoms with Crippen LogP contribution in [0.5, 0.6) is 0 Å². The first-order valence-corrected chi connectivity index (χ1v) is 9.37. The molecule has 2 aromatic heterocycles. The fraction of sp³-hybridized carbons (Fsp3) is 0.556. The lowest BCUT2D eigenvalue weighted by Gasteiger charge is -2.22. The van der Waals surface area contributed by atoms with E-state index in [1.165, 1.54) is 29.8 Å². The number of carbonyl (C=O) groups excluding carboxylic acids is 2. The van der Waals surface area contributed by atoms with Gasteiger partial charge in [0, 0.05) is 4.88 Å². The molecule has 3 heterocycles. The summed E-state index contributed by atoms with van der Waals surface area (Å²) in [7, 11) is 0. The summed E-state index contributed by atoms with van der Waals surface area (Å²) in [6.07, 6.45) is 2.24. The molecule has 0 atom stereocenters. The number of likely N-dealkylation sites (tertiary alicyclic amines) is 1. The van der Waals surface area contributed by atoms with Gasteiger partial charge in [-0.3, -0.25) is 23.9 Å². The number of carbonyl (C=O) groups is 2. The van der Waals surface area contributed by atoms with Crippen molar-refractivity contribution in [3.8, 4) is 0 Å². The minimum absolute atomic E-state index is 0.281. The topological polar surface area (TPSA) is 72.3 Å². The lowest BCUT2D eigenvalue weighted by Crippen LogP contribution is -2.38. The molecular formula is C18H23N3O3S. The number of thiophene rings is 1. The normalized spacial score (nSPS) is 15.4. The predicted octanol–water partition coefficient (Wildman–Crippen LogP) is 2.39. The third-order valence-electron chi connectivity index (χ3n) is 4.90. The Morgan fingerprint density at radius 1 is 1.16 bits per heavy atom. The quantitative estimate of drug-likeness (QED) is 0.765. The number of ketones is 2. The number of hydrogen-bond donors (Lipinski definition) is 0. The van der Waals surface area contributed by atoms with Crippen molar-refractivity contribution in [1.29, 1.82) is 0 Å². The van der Waals surface area contributed by atoms with E-state index in [1.54, 1.807) is 0 Å². The smallest absolute Gasteiger partial charge is 0.263 e. The van der Waals surface area contributed by atoms with Gasteiger partial charge in [0.25, 0.3) is 5.56 Å². The van der Waals surface area contributed by atoms with Crippen LogP contribution in [0.3, 0.4) is 0 Å². The summed E-state index contributed by atoms with van der Waals surface area (Å²) in [4.78, 5) is 46.1. The van der Waals surface area contributed by atoms with Crippen LogP contribution in [-0.2, 0) is 16.1 Å². The van der Waals surface area contributed by atoms with Crippen LogP contribution in [0, 0.1) is 13.8 Å². The molecule has 0 spiro atoms. The van der Waals surface area contributed by atoms with E-state index >= 15 is 0 Å². The second kappa shape index (κ2) is 6.80. The van der Waals surface area contributed by atoms with Gasteiger partial charge in [-0.1, -0.05) is 0 Å². The van der Waals surface area contributed by atoms with E-state index in [4.69, 9.17) is 4.98 Å². The number of aryl methyl sites for hydroxylation is 2. The Kier molecular flexibility index (Phi) is 4.88. The van der Waals surface area contributed by atoms with Crippen LogP contribution >= 0.6 is 11.3 Å². The highest BCUT2D eigenvalue weighted by atomic mass is 32.1. The molecule has 1 aliphatic heterocycles. The second-order valence-electron chi connectivity index (χ2n) is 6.77. The Morgan fingerprint density at radius 2 is 1.76 bits per heavy atom. The zero-order valence-corrected chi connectivity index (χ0v) is 15.9. The fourth-order valence-corrected chi connectivity index (χ4v) is 4.56. The summed E-state index contributed by atoms with van der Waals surface area (Å²) in [5.41, 5.74) is 0.598. The van der Waals surface area contributed by atoms with Crippen LogP contribution in [0.2, 0.25) is 0 Å². The van der Waals surface area contributed by atoms with Crippen LogP contribution in [0.25, 0.3) is 10.2 Å². The van der Waals surface area contributed by atoms with E-state index in [0.717, 1.165) is 36.4 Å². The molecule has 0 aromatic carbocycles. The summed E-state index contributed by atoms with van der Waals surface area (Å²) in [6.45, 7) is 8.93. The van der Waals surface area contributed by atoms with E-state index in [9.17, 15) is 14.4 Å². The molecule has 0 N–H and O–H groups in total. The summed E-state index contributed by atoms with van der Waals surface area (Å²) in [5.74, 6) is -0.151. The predicted molar refractivity (Wildman–Crippen MR) is 98.3 cm³/mol. The molecule has 2 aromatic rings. The molecular weight excluding hydrogens is 338 g/mol. The van der Waals surface area contributed by atoms with Crippen LogP contribution in [0.4, 0.5) is 0 Å². The first-order valence-electron chi connectivity index (χ1n) is 8.55. The van der Waals surface area contributed by atoms with Crippen LogP contribution in [-0.4, -0.2) is 39.1 Å². The molecule has 3 rings (SSSR count). The number of hydrogen-bond acceptors (Lipinski definition) is 6. The highest BCUT2D eigenvalue weighted by molar-refractivity contribution is 7.18. The van der Waals surface area contributed by atoms with Gasteiger partial charge in [0.05, 0.1) is 11.9 Å². The van der Waals surface area contributed by atoms with Gasteiger partial charge in [-0.25, -0.2) is 4.98 Å². The maximum Gasteiger partial charge on any atom is 0.263 e. The van der Waals surface area contributed by atoms with Crippen molar-refractivity contribution < 1.29 is 9.59 Å². The van der Waals surface area contributed by atoms with Crippen LogP contribution in [0.1, 0.15) is 49.0 Å². The highest BCUT2D eigenvalue weighted by Crippen LogP contribution is 2.28. The zero-order chi connectivity index (χ0) is 18.3. The van der Waals surface area contributed by atoms with Crippen molar-refractivity contribution in [3.63, 3.8) is 0 Å². The highest BCUT2D eigenvalue weighted by Gasteiger charge is 2.29. The molecule has 7 heteroatoms. The first-order chi connectivity index (χ1) is 11.8. The Hall–Kier alpha value is -1.86. The molecule has 0 aliphatic carbocycles. The van der Waals surface area contributed by atoms with Crippen molar-refractivity contribution in [2.24, 2.45) is 0 Å². The van der Waals surface area contributed by atoms with Gasteiger partial charge in [0.2, 0.25) is 0 Å². The molecule has 0 unspecified atom stereocenters. The number of rotatable bonds is 5. The van der Waals surface area contributed by atoms with Crippen LogP contribution in [0.15, 0.2) is 4.79 Å². The minimum Gasteiger partial charge on any atom is -0.297 e. The van der Waals surface area contributed by atoms with Gasteiger partial charge in [0.15, 0.2) is 17.6 Å². The second-order valence-corrected chi connectivity index (χ2v) is 7.98. The van der Waals surface area contributed by atoms with E-state index < -0.39 is 6.04 Å². The lowest BCUT2D eigenvalue weighted by atomic mass is 10.1. The summed E-state index contributed by atoms with van der Waals surface area (Å²) >= 11 is 1.49. The van der Waals surface area contributed by atoms with Gasteiger partial charge in [-0.2, -0.15) is 0 Å². The standard InChI is InChI=1S/C18H23N3O3S/c1-10-13(4)25-17-15(10)18(24)21(16(11(2)22)12(3)23)14(19-17)9-20-7-5-6-8-20/h16H,5-9H2,1-4H3. The Bertz CT molecular complexity index is 892. The first kappa shape index (κ1) is 17.9. The van der Waals surface area contributed by atoms with Gasteiger partial charge < -0.3 is 0 Å². The molecule has 1 fully saturated rings. The summed E-state index contributed by atoms with van der Waals surface area (Å²) in [6, 6.07) is -1.10. The van der Waals surface area contributed by atoms with Crippen molar-refractivity contribution in [2.75, 3.05) is 13.1 Å². The zero-order valence-electron chi connectivity index (χ0n) is 15.1. The molecule has 134 valence electrons. The van der Waals surface area contributed by atoms with Gasteiger partial charge in [-0.15, -0.1) is 11.3 Å². The summed E-state index contributed by atoms with van der Waals surface area (Å²) < 4.78 is 1.34. The molecule has 1 aliphatic rings. The average Bonchev–Trinajstić information content (AvgIpc) is 3.11. The maximum absolute atomic E-state index is 13.2. The molecule has 6 nitrogen and oxygen atoms in total. The van der Waals surface area contributed by atoms with E-state index in [2.05, 4.69) is 4.90 Å². The molecule has 0 saturated carbocycles. The SMILES string of the molecule is CC(=O)C(C(C)=O)n1c(CN2CCCC2)nc2sc(C)c(C)c2c1=O. The van der Waals surface area contributed by atoms with Gasteiger partial charge >= 0.3 is 0 Å². The third-order valence-corrected chi connectivity index (χ3v) is 6.00. The van der Waals surface area contributed by atoms with Gasteiger partial charge in [0.1, 0.15) is 10.7 Å².